The van der Waals surface area contributed by atoms with Crippen molar-refractivity contribution in [2.24, 2.45) is 0 Å². The van der Waals surface area contributed by atoms with Crippen LogP contribution in [-0.4, -0.2) is 86.2 Å². The first kappa shape index (κ1) is 36.3. The first-order valence-electron chi connectivity index (χ1n) is 16.0. The van der Waals surface area contributed by atoms with Crippen LogP contribution in [0, 0.1) is 0 Å². The van der Waals surface area contributed by atoms with Crippen molar-refractivity contribution < 1.29 is 27.5 Å². The highest BCUT2D eigenvalue weighted by atomic mass is 35.5. The Bertz CT molecular complexity index is 1820. The molecule has 3 aromatic rings. The van der Waals surface area contributed by atoms with Crippen LogP contribution in [-0.2, 0) is 43.7 Å². The maximum Gasteiger partial charge on any atom is 0.411 e. The molecule has 5 rings (SSSR count). The van der Waals surface area contributed by atoms with Crippen LogP contribution in [0.3, 0.4) is 0 Å². The normalized spacial score (nSPS) is 17.2. The summed E-state index contributed by atoms with van der Waals surface area (Å²) < 4.78 is 32.2. The number of hydrogen-bond acceptors (Lipinski definition) is 7. The molecular weight excluding hydrogens is 689 g/mol. The van der Waals surface area contributed by atoms with Crippen LogP contribution in [0.5, 0.6) is 0 Å². The van der Waals surface area contributed by atoms with Gasteiger partial charge >= 0.3 is 6.09 Å². The Morgan fingerprint density at radius 2 is 1.57 bits per heavy atom. The molecule has 0 saturated carbocycles. The molecule has 2 atom stereocenters. The molecule has 0 spiro atoms. The van der Waals surface area contributed by atoms with Crippen LogP contribution in [0.2, 0.25) is 10.0 Å². The van der Waals surface area contributed by atoms with E-state index < -0.39 is 39.7 Å². The molecule has 0 bridgehead atoms. The van der Waals surface area contributed by atoms with Crippen LogP contribution in [0.15, 0.2) is 66.7 Å². The van der Waals surface area contributed by atoms with E-state index in [0.29, 0.717) is 53.2 Å². The Hall–Kier alpha value is -4.00. The van der Waals surface area contributed by atoms with E-state index in [0.717, 1.165) is 17.4 Å². The van der Waals surface area contributed by atoms with Crippen LogP contribution >= 0.6 is 23.2 Å². The van der Waals surface area contributed by atoms with Gasteiger partial charge in [0.1, 0.15) is 17.7 Å². The Balaban J connectivity index is 1.37. The highest BCUT2D eigenvalue weighted by Gasteiger charge is 2.39. The van der Waals surface area contributed by atoms with Crippen molar-refractivity contribution in [3.05, 3.63) is 93.5 Å². The first-order chi connectivity index (χ1) is 23.1. The van der Waals surface area contributed by atoms with Gasteiger partial charge in [0.25, 0.3) is 0 Å². The van der Waals surface area contributed by atoms with Gasteiger partial charge in [-0.3, -0.25) is 19.2 Å². The number of amides is 3. The topological polar surface area (TPSA) is 128 Å². The van der Waals surface area contributed by atoms with Crippen molar-refractivity contribution in [3.8, 4) is 0 Å². The summed E-state index contributed by atoms with van der Waals surface area (Å²) in [6.45, 7) is 7.04. The van der Waals surface area contributed by atoms with Crippen LogP contribution in [0.4, 0.5) is 16.2 Å². The molecule has 14 heteroatoms. The summed E-state index contributed by atoms with van der Waals surface area (Å²) in [5.74, 6) is -0.764. The fourth-order valence-electron chi connectivity index (χ4n) is 6.06. The third-order valence-electron chi connectivity index (χ3n) is 8.35. The third-order valence-corrected chi connectivity index (χ3v) is 9.68. The zero-order valence-corrected chi connectivity index (χ0v) is 30.2. The summed E-state index contributed by atoms with van der Waals surface area (Å²) in [7, 11) is -3.50. The number of nitrogens with one attached hydrogen (secondary N) is 2. The molecule has 0 aromatic heterocycles. The van der Waals surface area contributed by atoms with E-state index in [1.54, 1.807) is 56.0 Å². The second-order valence-electron chi connectivity index (χ2n) is 13.3. The minimum Gasteiger partial charge on any atom is -0.444 e. The number of carbonyl (C=O) groups is 3. The number of hydrogen-bond donors (Lipinski definition) is 2. The van der Waals surface area contributed by atoms with Crippen molar-refractivity contribution >= 4 is 62.5 Å². The molecule has 1 saturated heterocycles. The SMILES string of the molecule is CC(C)(C)OC(=O)N1Cc2ccccc2C[C@@H]1C(=O)N[C@H](Cc1ccc(Cl)c(Cl)c1)C(=O)N1CCN(c2ccccc2NS(C)(=O)=O)CC1. The predicted octanol–water partition coefficient (Wildman–Crippen LogP) is 5.10. The standard InChI is InChI=1S/C35H41Cl2N5O6S/c1-35(2,3)48-34(45)42-22-25-10-6-5-9-24(25)21-31(42)32(43)38-29(20-23-13-14-26(36)27(37)19-23)33(44)41-17-15-40(16-18-41)30-12-8-7-11-28(30)39-49(4,46)47/h5-14,19,29,31,39H,15-18,20-22H2,1-4H3,(H,38,43)/t29-,31-/m1/s1. The Kier molecular flexibility index (Phi) is 11.0. The van der Waals surface area contributed by atoms with E-state index in [9.17, 15) is 22.8 Å². The van der Waals surface area contributed by atoms with E-state index >= 15 is 0 Å². The molecule has 0 aliphatic carbocycles. The van der Waals surface area contributed by atoms with E-state index in [1.807, 2.05) is 41.3 Å². The summed E-state index contributed by atoms with van der Waals surface area (Å²) in [4.78, 5) is 46.9. The molecule has 2 heterocycles. The lowest BCUT2D eigenvalue weighted by atomic mass is 9.93. The van der Waals surface area contributed by atoms with Gasteiger partial charge in [0.05, 0.1) is 34.2 Å². The molecule has 0 unspecified atom stereocenters. The van der Waals surface area contributed by atoms with Crippen LogP contribution in [0.1, 0.15) is 37.5 Å². The second kappa shape index (κ2) is 14.9. The third kappa shape index (κ3) is 9.37. The van der Waals surface area contributed by atoms with Crippen molar-refractivity contribution in [1.29, 1.82) is 0 Å². The van der Waals surface area contributed by atoms with Gasteiger partial charge in [-0.15, -0.1) is 0 Å². The lowest BCUT2D eigenvalue weighted by Crippen LogP contribution is -2.59. The fourth-order valence-corrected chi connectivity index (χ4v) is 6.96. The Labute approximate surface area is 297 Å². The molecule has 0 radical (unpaired) electrons. The van der Waals surface area contributed by atoms with E-state index in [4.69, 9.17) is 27.9 Å². The molecule has 11 nitrogen and oxygen atoms in total. The predicted molar refractivity (Wildman–Crippen MR) is 192 cm³/mol. The molecule has 1 fully saturated rings. The largest absolute Gasteiger partial charge is 0.444 e. The number of ether oxygens (including phenoxy) is 1. The number of fused-ring (bicyclic) bond motifs is 1. The molecule has 49 heavy (non-hydrogen) atoms. The van der Waals surface area contributed by atoms with Gasteiger partial charge in [0.15, 0.2) is 0 Å². The van der Waals surface area contributed by atoms with Gasteiger partial charge in [0.2, 0.25) is 21.8 Å². The average molecular weight is 731 g/mol. The molecular formula is C35H41Cl2N5O6S. The van der Waals surface area contributed by atoms with E-state index in [-0.39, 0.29) is 25.3 Å². The highest BCUT2D eigenvalue weighted by Crippen LogP contribution is 2.29. The van der Waals surface area contributed by atoms with Crippen molar-refractivity contribution in [2.45, 2.75) is 57.8 Å². The van der Waals surface area contributed by atoms with Crippen LogP contribution < -0.4 is 14.9 Å². The number of halogens is 2. The molecule has 2 aliphatic rings. The maximum atomic E-state index is 14.2. The van der Waals surface area contributed by atoms with Crippen LogP contribution in [0.25, 0.3) is 0 Å². The minimum atomic E-state index is -3.50. The number of rotatable bonds is 8. The molecule has 3 aromatic carbocycles. The molecule has 2 N–H and O–H groups in total. The van der Waals surface area contributed by atoms with Crippen molar-refractivity contribution in [2.75, 3.05) is 42.1 Å². The number of para-hydroxylation sites is 2. The average Bonchev–Trinajstić information content (AvgIpc) is 3.04. The van der Waals surface area contributed by atoms with Gasteiger partial charge in [-0.2, -0.15) is 0 Å². The molecule has 2 aliphatic heterocycles. The number of carbonyl (C=O) groups excluding carboxylic acids is 3. The summed E-state index contributed by atoms with van der Waals surface area (Å²) >= 11 is 12.5. The number of piperazine rings is 1. The van der Waals surface area contributed by atoms with Gasteiger partial charge < -0.3 is 19.9 Å². The smallest absolute Gasteiger partial charge is 0.411 e. The number of sulfonamides is 1. The van der Waals surface area contributed by atoms with Crippen molar-refractivity contribution in [1.82, 2.24) is 15.1 Å². The number of nitrogens with zero attached hydrogens (tertiary/aromatic N) is 3. The maximum absolute atomic E-state index is 14.2. The molecule has 3 amide bonds. The van der Waals surface area contributed by atoms with Gasteiger partial charge in [-0.05, 0) is 61.7 Å². The first-order valence-corrected chi connectivity index (χ1v) is 18.6. The summed E-state index contributed by atoms with van der Waals surface area (Å²) in [6, 6.07) is 17.9. The Morgan fingerprint density at radius 1 is 0.918 bits per heavy atom. The second-order valence-corrected chi connectivity index (χ2v) is 15.9. The summed E-state index contributed by atoms with van der Waals surface area (Å²) in [6.07, 6.45) is 0.880. The van der Waals surface area contributed by atoms with E-state index in [2.05, 4.69) is 10.0 Å². The number of anilines is 2. The lowest BCUT2D eigenvalue weighted by molar-refractivity contribution is -0.138. The van der Waals surface area contributed by atoms with Gasteiger partial charge in [0, 0.05) is 39.0 Å². The zero-order chi connectivity index (χ0) is 35.5. The summed E-state index contributed by atoms with van der Waals surface area (Å²) in [5, 5.41) is 3.67. The van der Waals surface area contributed by atoms with Gasteiger partial charge in [-0.1, -0.05) is 65.7 Å². The zero-order valence-electron chi connectivity index (χ0n) is 27.9. The number of benzene rings is 3. The molecule has 262 valence electrons. The fraction of sp³-hybridized carbons (Fsp3) is 0.400. The van der Waals surface area contributed by atoms with Gasteiger partial charge in [-0.25, -0.2) is 13.2 Å². The van der Waals surface area contributed by atoms with E-state index in [1.165, 1.54) is 4.90 Å². The Morgan fingerprint density at radius 3 is 2.22 bits per heavy atom. The quantitative estimate of drug-likeness (QED) is 0.330. The highest BCUT2D eigenvalue weighted by molar-refractivity contribution is 7.92. The van der Waals surface area contributed by atoms with Crippen molar-refractivity contribution in [3.63, 3.8) is 0 Å². The lowest BCUT2D eigenvalue weighted by Gasteiger charge is -2.39. The minimum absolute atomic E-state index is 0.137. The monoisotopic (exact) mass is 729 g/mol. The summed E-state index contributed by atoms with van der Waals surface area (Å²) in [5.41, 5.74) is 2.96.